The highest BCUT2D eigenvalue weighted by Gasteiger charge is 2.42. The first-order valence-corrected chi connectivity index (χ1v) is 14.1. The highest BCUT2D eigenvalue weighted by Crippen LogP contribution is 2.45. The third-order valence-electron chi connectivity index (χ3n) is 8.05. The Balaban J connectivity index is 1.60. The van der Waals surface area contributed by atoms with Gasteiger partial charge in [0.25, 0.3) is 5.56 Å². The summed E-state index contributed by atoms with van der Waals surface area (Å²) in [7, 11) is 0. The van der Waals surface area contributed by atoms with Crippen LogP contribution in [-0.4, -0.2) is 32.6 Å². The number of aromatic nitrogens is 2. The van der Waals surface area contributed by atoms with E-state index in [1.165, 1.54) is 31.0 Å². The zero-order valence-electron chi connectivity index (χ0n) is 21.1. The van der Waals surface area contributed by atoms with Crippen LogP contribution in [0.3, 0.4) is 0 Å². The summed E-state index contributed by atoms with van der Waals surface area (Å²) in [5.74, 6) is -0.184. The standard InChI is InChI=1S/C30H27Cl3FN3O/c1-16(2)36-20-5-6-21(36)12-17(11-20)26-15-28-23(30(35-26)22-7-4-19(34)14-24(22)32)8-10-29(38)37(28)27-9-3-18(31)13-25(27)33/h3-4,7-10,13-17,20-21H,5-6,11-12H2,1-2H3. The summed E-state index contributed by atoms with van der Waals surface area (Å²) in [4.78, 5) is 21.1. The lowest BCUT2D eigenvalue weighted by molar-refractivity contribution is 0.0917. The highest BCUT2D eigenvalue weighted by molar-refractivity contribution is 6.36. The topological polar surface area (TPSA) is 38.1 Å². The summed E-state index contributed by atoms with van der Waals surface area (Å²) in [6.45, 7) is 4.53. The van der Waals surface area contributed by atoms with Crippen molar-refractivity contribution in [2.75, 3.05) is 0 Å². The molecule has 0 radical (unpaired) electrons. The van der Waals surface area contributed by atoms with Crippen LogP contribution < -0.4 is 5.56 Å². The molecule has 0 amide bonds. The maximum Gasteiger partial charge on any atom is 0.255 e. The lowest BCUT2D eigenvalue weighted by atomic mass is 9.86. The summed E-state index contributed by atoms with van der Waals surface area (Å²) in [5.41, 5.74) is 3.16. The molecule has 2 aromatic heterocycles. The second-order valence-corrected chi connectivity index (χ2v) is 11.9. The first-order valence-electron chi connectivity index (χ1n) is 13.0. The number of halogens is 4. The lowest BCUT2D eigenvalue weighted by Gasteiger charge is -2.41. The molecule has 4 heterocycles. The summed E-state index contributed by atoms with van der Waals surface area (Å²) >= 11 is 19.3. The Kier molecular flexibility index (Phi) is 6.76. The second kappa shape index (κ2) is 9.95. The van der Waals surface area contributed by atoms with Gasteiger partial charge < -0.3 is 0 Å². The molecular formula is C30H27Cl3FN3O. The second-order valence-electron chi connectivity index (χ2n) is 10.6. The minimum atomic E-state index is -0.415. The minimum absolute atomic E-state index is 0.218. The average Bonchev–Trinajstić information content (AvgIpc) is 3.14. The first kappa shape index (κ1) is 25.8. The van der Waals surface area contributed by atoms with Crippen molar-refractivity contribution >= 4 is 45.7 Å². The number of hydrogen-bond donors (Lipinski definition) is 0. The summed E-state index contributed by atoms with van der Waals surface area (Å²) in [6.07, 6.45) is 4.38. The summed E-state index contributed by atoms with van der Waals surface area (Å²) < 4.78 is 15.6. The number of piperidine rings is 1. The first-order chi connectivity index (χ1) is 18.2. The monoisotopic (exact) mass is 569 g/mol. The minimum Gasteiger partial charge on any atom is -0.295 e. The fourth-order valence-corrected chi connectivity index (χ4v) is 7.31. The van der Waals surface area contributed by atoms with Crippen molar-refractivity contribution in [1.82, 2.24) is 14.5 Å². The maximum absolute atomic E-state index is 14.0. The van der Waals surface area contributed by atoms with Crippen LogP contribution >= 0.6 is 34.8 Å². The van der Waals surface area contributed by atoms with Gasteiger partial charge in [0, 0.05) is 51.8 Å². The van der Waals surface area contributed by atoms with Gasteiger partial charge in [-0.2, -0.15) is 0 Å². The molecule has 0 aliphatic carbocycles. The molecule has 4 nitrogen and oxygen atoms in total. The number of fused-ring (bicyclic) bond motifs is 3. The van der Waals surface area contributed by atoms with E-state index in [2.05, 4.69) is 18.7 Å². The fourth-order valence-electron chi connectivity index (χ4n) is 6.56. The van der Waals surface area contributed by atoms with E-state index in [1.807, 2.05) is 6.07 Å². The molecule has 196 valence electrons. The molecule has 2 atom stereocenters. The van der Waals surface area contributed by atoms with Crippen LogP contribution in [0.15, 0.2) is 59.4 Å². The van der Waals surface area contributed by atoms with Crippen LogP contribution in [0.5, 0.6) is 0 Å². The molecule has 2 aliphatic heterocycles. The molecule has 0 N–H and O–H groups in total. The highest BCUT2D eigenvalue weighted by atomic mass is 35.5. The van der Waals surface area contributed by atoms with Crippen molar-refractivity contribution in [1.29, 1.82) is 0 Å². The van der Waals surface area contributed by atoms with Crippen molar-refractivity contribution in [3.05, 3.63) is 91.5 Å². The fraction of sp³-hybridized carbons (Fsp3) is 0.333. The maximum atomic E-state index is 14.0. The molecule has 4 aromatic rings. The van der Waals surface area contributed by atoms with Gasteiger partial charge in [0.2, 0.25) is 0 Å². The van der Waals surface area contributed by atoms with E-state index >= 15 is 0 Å². The van der Waals surface area contributed by atoms with Crippen LogP contribution in [0.1, 0.15) is 51.1 Å². The molecular weight excluding hydrogens is 544 g/mol. The van der Waals surface area contributed by atoms with Gasteiger partial charge in [0.15, 0.2) is 0 Å². The number of pyridine rings is 2. The molecule has 2 saturated heterocycles. The lowest BCUT2D eigenvalue weighted by Crippen LogP contribution is -2.46. The molecule has 2 fully saturated rings. The van der Waals surface area contributed by atoms with E-state index < -0.39 is 5.82 Å². The van der Waals surface area contributed by atoms with E-state index in [-0.39, 0.29) is 16.5 Å². The Morgan fingerprint density at radius 1 is 0.921 bits per heavy atom. The van der Waals surface area contributed by atoms with E-state index in [1.54, 1.807) is 34.9 Å². The molecule has 2 aromatic carbocycles. The third kappa shape index (κ3) is 4.44. The molecule has 38 heavy (non-hydrogen) atoms. The van der Waals surface area contributed by atoms with Crippen molar-refractivity contribution < 1.29 is 4.39 Å². The van der Waals surface area contributed by atoms with Crippen LogP contribution in [0.2, 0.25) is 15.1 Å². The van der Waals surface area contributed by atoms with Gasteiger partial charge in [0.05, 0.1) is 26.9 Å². The van der Waals surface area contributed by atoms with Crippen LogP contribution in [0.4, 0.5) is 4.39 Å². The van der Waals surface area contributed by atoms with Gasteiger partial charge in [-0.3, -0.25) is 19.2 Å². The van der Waals surface area contributed by atoms with Crippen molar-refractivity contribution in [2.24, 2.45) is 0 Å². The van der Waals surface area contributed by atoms with E-state index in [0.29, 0.717) is 50.6 Å². The van der Waals surface area contributed by atoms with Crippen molar-refractivity contribution in [3.63, 3.8) is 0 Å². The van der Waals surface area contributed by atoms with Crippen molar-refractivity contribution in [3.8, 4) is 16.9 Å². The Bertz CT molecular complexity index is 1600. The summed E-state index contributed by atoms with van der Waals surface area (Å²) in [5, 5.41) is 1.86. The quantitative estimate of drug-likeness (QED) is 0.248. The zero-order chi connectivity index (χ0) is 26.7. The van der Waals surface area contributed by atoms with Crippen LogP contribution in [0.25, 0.3) is 27.8 Å². The molecule has 2 bridgehead atoms. The SMILES string of the molecule is CC(C)N1C2CCC1CC(c1cc3c(ccc(=O)n3-c3ccc(Cl)cc3Cl)c(-c3ccc(F)cc3Cl)n1)C2. The smallest absolute Gasteiger partial charge is 0.255 e. The predicted octanol–water partition coefficient (Wildman–Crippen LogP) is 8.27. The average molecular weight is 571 g/mol. The van der Waals surface area contributed by atoms with Crippen LogP contribution in [-0.2, 0) is 0 Å². The number of rotatable bonds is 4. The number of hydrogen-bond acceptors (Lipinski definition) is 3. The summed E-state index contributed by atoms with van der Waals surface area (Å²) in [6, 6.07) is 16.2. The molecule has 2 aliphatic rings. The normalized spacial score (nSPS) is 21.5. The van der Waals surface area contributed by atoms with E-state index in [9.17, 15) is 9.18 Å². The predicted molar refractivity (Wildman–Crippen MR) is 154 cm³/mol. The van der Waals surface area contributed by atoms with Gasteiger partial charge in [-0.25, -0.2) is 4.39 Å². The van der Waals surface area contributed by atoms with Gasteiger partial charge >= 0.3 is 0 Å². The molecule has 6 rings (SSSR count). The Morgan fingerprint density at radius 3 is 2.32 bits per heavy atom. The molecule has 0 spiro atoms. The Morgan fingerprint density at radius 2 is 1.66 bits per heavy atom. The zero-order valence-corrected chi connectivity index (χ0v) is 23.4. The van der Waals surface area contributed by atoms with Gasteiger partial charge in [-0.05, 0) is 88.1 Å². The molecule has 2 unspecified atom stereocenters. The largest absolute Gasteiger partial charge is 0.295 e. The van der Waals surface area contributed by atoms with E-state index in [4.69, 9.17) is 39.8 Å². The third-order valence-corrected chi connectivity index (χ3v) is 8.90. The van der Waals surface area contributed by atoms with Gasteiger partial charge in [-0.15, -0.1) is 0 Å². The van der Waals surface area contributed by atoms with E-state index in [0.717, 1.165) is 23.9 Å². The Labute approximate surface area is 236 Å². The van der Waals surface area contributed by atoms with Crippen molar-refractivity contribution in [2.45, 2.75) is 63.6 Å². The van der Waals surface area contributed by atoms with Gasteiger partial charge in [-0.1, -0.05) is 34.8 Å². The molecule has 8 heteroatoms. The number of nitrogens with zero attached hydrogens (tertiary/aromatic N) is 3. The number of benzene rings is 2. The van der Waals surface area contributed by atoms with Gasteiger partial charge in [0.1, 0.15) is 5.82 Å². The van der Waals surface area contributed by atoms with Crippen LogP contribution in [0, 0.1) is 5.82 Å². The Hall–Kier alpha value is -2.44. The molecule has 0 saturated carbocycles.